The number of hydrogen-bond acceptors (Lipinski definition) is 8. The summed E-state index contributed by atoms with van der Waals surface area (Å²) in [6, 6.07) is 7.48. The molecule has 0 saturated carbocycles. The van der Waals surface area contributed by atoms with Crippen molar-refractivity contribution >= 4 is 35.0 Å². The minimum atomic E-state index is -2.24. The maximum atomic E-state index is 14.7. The Morgan fingerprint density at radius 1 is 1.16 bits per heavy atom. The van der Waals surface area contributed by atoms with Crippen molar-refractivity contribution in [2.75, 3.05) is 52.9 Å². The maximum Gasteiger partial charge on any atom is 0.409 e. The molecule has 0 aromatic heterocycles. The van der Waals surface area contributed by atoms with Crippen LogP contribution in [0.4, 0.5) is 13.6 Å². The summed E-state index contributed by atoms with van der Waals surface area (Å²) in [7, 11) is 1.47. The molecule has 2 aromatic rings. The predicted octanol–water partition coefficient (Wildman–Crippen LogP) is 3.40. The topological polar surface area (TPSA) is 118 Å². The van der Waals surface area contributed by atoms with Gasteiger partial charge in [-0.05, 0) is 50.2 Å². The van der Waals surface area contributed by atoms with E-state index < -0.39 is 47.3 Å². The fraction of sp³-hybridized carbons (Fsp3) is 0.417. The van der Waals surface area contributed by atoms with Gasteiger partial charge in [0.1, 0.15) is 18.9 Å². The van der Waals surface area contributed by atoms with E-state index in [2.05, 4.69) is 4.90 Å². The number of likely N-dealkylation sites (N-methyl/N-ethyl adjacent to an activating group) is 1. The fourth-order valence-corrected chi connectivity index (χ4v) is 4.97. The molecule has 0 bridgehead atoms. The second-order valence-corrected chi connectivity index (χ2v) is 10.4. The van der Waals surface area contributed by atoms with Crippen LogP contribution in [0.15, 0.2) is 41.3 Å². The molecule has 3 rings (SSSR count). The summed E-state index contributed by atoms with van der Waals surface area (Å²) in [5.74, 6) is -3.71. The van der Waals surface area contributed by atoms with E-state index in [9.17, 15) is 22.9 Å². The maximum absolute atomic E-state index is 14.7. The lowest BCUT2D eigenvalue weighted by atomic mass is 10.3. The first-order valence-corrected chi connectivity index (χ1v) is 13.3. The molecule has 2 aromatic carbocycles. The lowest BCUT2D eigenvalue weighted by Crippen LogP contribution is -2.44. The normalized spacial score (nSPS) is 14.4. The zero-order valence-corrected chi connectivity index (χ0v) is 22.3. The van der Waals surface area contributed by atoms with Crippen LogP contribution < -0.4 is 10.2 Å². The summed E-state index contributed by atoms with van der Waals surface area (Å²) in [6.45, 7) is 2.05. The van der Waals surface area contributed by atoms with Crippen LogP contribution in [0.5, 0.6) is 11.5 Å². The highest BCUT2D eigenvalue weighted by atomic mass is 35.5. The monoisotopic (exact) mass is 574 g/mol. The summed E-state index contributed by atoms with van der Waals surface area (Å²) < 4.78 is 54.2. The summed E-state index contributed by atoms with van der Waals surface area (Å²) in [5.41, 5.74) is 1.43. The van der Waals surface area contributed by atoms with Gasteiger partial charge in [0.05, 0.1) is 17.9 Å². The van der Waals surface area contributed by atoms with Crippen molar-refractivity contribution in [1.29, 1.82) is 0 Å². The molecule has 2 N–H and O–H groups in total. The van der Waals surface area contributed by atoms with Crippen LogP contribution in [-0.2, 0) is 20.9 Å². The third kappa shape index (κ3) is 8.68. The van der Waals surface area contributed by atoms with Crippen LogP contribution in [0.1, 0.15) is 12.8 Å². The van der Waals surface area contributed by atoms with Crippen LogP contribution in [0.25, 0.3) is 0 Å². The zero-order chi connectivity index (χ0) is 27.7. The molecule has 1 heterocycles. The second kappa shape index (κ2) is 14.5. The van der Waals surface area contributed by atoms with Gasteiger partial charge in [-0.15, -0.1) is 4.31 Å². The van der Waals surface area contributed by atoms with Gasteiger partial charge in [-0.1, -0.05) is 11.6 Å². The number of halogens is 3. The number of likely N-dealkylation sites (tertiary alicyclic amines) is 1. The van der Waals surface area contributed by atoms with Crippen LogP contribution in [0.3, 0.4) is 0 Å². The Hall–Kier alpha value is -2.68. The van der Waals surface area contributed by atoms with Gasteiger partial charge < -0.3 is 18.9 Å². The number of rotatable bonds is 12. The van der Waals surface area contributed by atoms with E-state index in [1.807, 2.05) is 0 Å². The van der Waals surface area contributed by atoms with Crippen molar-refractivity contribution in [2.24, 2.45) is 0 Å². The molecule has 1 fully saturated rings. The number of hydrogen-bond donors (Lipinski definition) is 2. The van der Waals surface area contributed by atoms with Crippen molar-refractivity contribution in [3.8, 4) is 11.5 Å². The average Bonchev–Trinajstić information content (AvgIpc) is 3.42. The Kier molecular flexibility index (Phi) is 11.4. The quantitative estimate of drug-likeness (QED) is 0.225. The average molecular weight is 575 g/mol. The molecule has 0 aliphatic carbocycles. The number of carbonyl (C=O) groups is 2. The number of nitrogens with one attached hydrogen (secondary N) is 1. The van der Waals surface area contributed by atoms with E-state index in [0.717, 1.165) is 42.4 Å². The third-order valence-electron chi connectivity index (χ3n) is 5.71. The van der Waals surface area contributed by atoms with Gasteiger partial charge in [-0.25, -0.2) is 19.1 Å². The molecule has 1 saturated heterocycles. The Balaban J connectivity index is 1.64. The molecular weight excluding hydrogens is 546 g/mol. The van der Waals surface area contributed by atoms with Crippen molar-refractivity contribution in [1.82, 2.24) is 19.6 Å². The molecule has 1 aliphatic heterocycles. The van der Waals surface area contributed by atoms with Crippen molar-refractivity contribution in [3.05, 3.63) is 53.1 Å². The van der Waals surface area contributed by atoms with Crippen LogP contribution >= 0.6 is 11.6 Å². The van der Waals surface area contributed by atoms with E-state index in [1.165, 1.54) is 41.7 Å². The van der Waals surface area contributed by atoms with Gasteiger partial charge in [0.15, 0.2) is 22.3 Å². The van der Waals surface area contributed by atoms with Gasteiger partial charge in [-0.3, -0.25) is 14.9 Å². The Labute approximate surface area is 227 Å². The molecule has 10 nitrogen and oxygen atoms in total. The minimum absolute atomic E-state index is 0.0181. The number of nitrogens with zero attached hydrogens (tertiary/aromatic N) is 3. The number of benzene rings is 2. The zero-order valence-electron chi connectivity index (χ0n) is 20.7. The lowest BCUT2D eigenvalue weighted by Gasteiger charge is -2.26. The van der Waals surface area contributed by atoms with E-state index in [0.29, 0.717) is 11.6 Å². The standard InChI is InChI=1S/C24H29ClF2N4O6S/c1-29(24(33)36-13-12-30-8-2-3-9-30)10-11-31(16-22(32)28-34)38(35)19-14-20(26)23(21(27)15-19)37-18-6-4-17(25)5-7-18/h4-7,14-15,34H,2-3,8-13,16H2,1H3,(H,28,32). The molecular formula is C24H29ClF2N4O6S. The smallest absolute Gasteiger partial charge is 0.409 e. The number of hydroxylamine groups is 1. The highest BCUT2D eigenvalue weighted by Crippen LogP contribution is 2.31. The summed E-state index contributed by atoms with van der Waals surface area (Å²) in [5, 5.41) is 9.33. The van der Waals surface area contributed by atoms with Gasteiger partial charge in [-0.2, -0.15) is 0 Å². The van der Waals surface area contributed by atoms with E-state index in [4.69, 9.17) is 26.3 Å². The summed E-state index contributed by atoms with van der Waals surface area (Å²) >= 11 is 3.57. The fourth-order valence-electron chi connectivity index (χ4n) is 3.65. The molecule has 1 atom stereocenters. The Bertz CT molecular complexity index is 1070. The van der Waals surface area contributed by atoms with Crippen LogP contribution in [0.2, 0.25) is 5.02 Å². The molecule has 38 heavy (non-hydrogen) atoms. The molecule has 0 radical (unpaired) electrons. The first-order valence-electron chi connectivity index (χ1n) is 11.8. The molecule has 208 valence electrons. The van der Waals surface area contributed by atoms with Gasteiger partial charge in [0, 0.05) is 37.3 Å². The molecule has 1 aliphatic rings. The highest BCUT2D eigenvalue weighted by Gasteiger charge is 2.29. The van der Waals surface area contributed by atoms with Gasteiger partial charge >= 0.3 is 6.09 Å². The lowest BCUT2D eigenvalue weighted by molar-refractivity contribution is -0.129. The highest BCUT2D eigenvalue weighted by molar-refractivity contribution is 7.89. The number of carbonyl (C=O) groups excluding carboxylic acids is 2. The SMILES string of the molecule is CN(CCN(CC(=O)NO)[S+]([O-])c1cc(F)c(Oc2ccc(Cl)cc2)c(F)c1)C(=O)OCCN1CCCC1. The van der Waals surface area contributed by atoms with Crippen LogP contribution in [-0.4, -0.2) is 88.8 Å². The van der Waals surface area contributed by atoms with E-state index in [-0.39, 0.29) is 30.3 Å². The van der Waals surface area contributed by atoms with Crippen molar-refractivity contribution in [2.45, 2.75) is 17.7 Å². The number of ether oxygens (including phenoxy) is 2. The van der Waals surface area contributed by atoms with Crippen molar-refractivity contribution < 1.29 is 37.6 Å². The minimum Gasteiger partial charge on any atom is -0.593 e. The first kappa shape index (κ1) is 29.9. The second-order valence-electron chi connectivity index (χ2n) is 8.50. The van der Waals surface area contributed by atoms with Crippen molar-refractivity contribution in [3.63, 3.8) is 0 Å². The molecule has 14 heteroatoms. The van der Waals surface area contributed by atoms with Gasteiger partial charge in [0.25, 0.3) is 5.91 Å². The number of amides is 2. The van der Waals surface area contributed by atoms with Crippen LogP contribution in [0, 0.1) is 11.6 Å². The predicted molar refractivity (Wildman–Crippen MR) is 135 cm³/mol. The largest absolute Gasteiger partial charge is 0.593 e. The Morgan fingerprint density at radius 3 is 2.39 bits per heavy atom. The molecule has 2 amide bonds. The molecule has 1 unspecified atom stereocenters. The van der Waals surface area contributed by atoms with E-state index in [1.54, 1.807) is 0 Å². The van der Waals surface area contributed by atoms with Gasteiger partial charge in [0.2, 0.25) is 0 Å². The van der Waals surface area contributed by atoms with E-state index >= 15 is 0 Å². The molecule has 0 spiro atoms. The Morgan fingerprint density at radius 2 is 1.79 bits per heavy atom. The summed E-state index contributed by atoms with van der Waals surface area (Å²) in [6.07, 6.45) is 1.63. The third-order valence-corrected chi connectivity index (χ3v) is 7.39. The summed E-state index contributed by atoms with van der Waals surface area (Å²) in [4.78, 5) is 27.2. The first-order chi connectivity index (χ1) is 18.2.